The van der Waals surface area contributed by atoms with Gasteiger partial charge in [0, 0.05) is 12.5 Å². The topological polar surface area (TPSA) is 82.1 Å². The van der Waals surface area contributed by atoms with Crippen LogP contribution in [0.1, 0.15) is 38.8 Å². The zero-order chi connectivity index (χ0) is 16.0. The molecule has 2 N–H and O–H groups in total. The monoisotopic (exact) mass is 291 g/mol. The van der Waals surface area contributed by atoms with E-state index < -0.39 is 11.2 Å². The second-order valence-electron chi connectivity index (χ2n) is 6.09. The maximum absolute atomic E-state index is 12.8. The predicted octanol–water partition coefficient (Wildman–Crippen LogP) is 2.34. The van der Waals surface area contributed by atoms with Crippen molar-refractivity contribution in [1.82, 2.24) is 5.06 Å². The molecule has 0 saturated carbocycles. The lowest BCUT2D eigenvalue weighted by Gasteiger charge is -2.32. The van der Waals surface area contributed by atoms with Crippen molar-refractivity contribution < 1.29 is 15.2 Å². The first kappa shape index (κ1) is 15.5. The molecule has 6 nitrogen and oxygen atoms in total. The highest BCUT2D eigenvalue weighted by atomic mass is 16.6. The van der Waals surface area contributed by atoms with E-state index in [9.17, 15) is 10.4 Å². The van der Waals surface area contributed by atoms with Crippen molar-refractivity contribution in [2.75, 3.05) is 0 Å². The third-order valence-corrected chi connectivity index (χ3v) is 4.28. The molecule has 1 heterocycles. The number of hydrogen-bond acceptors (Lipinski definition) is 5. The van der Waals surface area contributed by atoms with E-state index >= 15 is 0 Å². The molecule has 0 amide bonds. The van der Waals surface area contributed by atoms with E-state index in [0.717, 1.165) is 16.2 Å². The summed E-state index contributed by atoms with van der Waals surface area (Å²) in [5.41, 5.74) is 0.0000237. The summed E-state index contributed by atoms with van der Waals surface area (Å²) in [6.45, 7) is 8.50. The molecule has 1 aromatic carbocycles. The Morgan fingerprint density at radius 2 is 1.76 bits per heavy atom. The van der Waals surface area contributed by atoms with Crippen molar-refractivity contribution in [2.45, 2.75) is 45.8 Å². The van der Waals surface area contributed by atoms with Crippen LogP contribution in [0.4, 0.5) is 0 Å². The fourth-order valence-electron chi connectivity index (χ4n) is 2.77. The largest absolute Gasteiger partial charge is 0.622 e. The summed E-state index contributed by atoms with van der Waals surface area (Å²) in [5.74, 6) is 0. The quantitative estimate of drug-likeness (QED) is 0.288. The lowest BCUT2D eigenvalue weighted by atomic mass is 9.92. The molecule has 114 valence electrons. The summed E-state index contributed by atoms with van der Waals surface area (Å²) in [5, 5.41) is 36.4. The first-order valence-electron chi connectivity index (χ1n) is 6.77. The molecule has 2 rings (SSSR count). The smallest absolute Gasteiger partial charge is 0.290 e. The average molecular weight is 291 g/mol. The zero-order valence-corrected chi connectivity index (χ0v) is 13.0. The van der Waals surface area contributed by atoms with E-state index in [2.05, 4.69) is 5.16 Å². The molecule has 1 aromatic rings. The van der Waals surface area contributed by atoms with Gasteiger partial charge in [-0.15, -0.1) is 5.06 Å². The molecule has 1 aliphatic rings. The minimum atomic E-state index is -1.45. The molecular weight excluding hydrogens is 270 g/mol. The maximum Gasteiger partial charge on any atom is 0.290 e. The standard InChI is InChI=1S/C15H21N3O3/c1-10-6-8-12(9-7-10)13-14(3,4)18(21)15(5,17(13)20)11(2)16-19/h6-9,19,21H,1-5H3. The molecule has 6 heteroatoms. The van der Waals surface area contributed by atoms with Crippen LogP contribution < -0.4 is 0 Å². The summed E-state index contributed by atoms with van der Waals surface area (Å²) in [6.07, 6.45) is 0. The van der Waals surface area contributed by atoms with E-state index in [-0.39, 0.29) is 5.71 Å². The van der Waals surface area contributed by atoms with Gasteiger partial charge in [0.05, 0.1) is 0 Å². The van der Waals surface area contributed by atoms with E-state index in [1.54, 1.807) is 13.8 Å². The molecule has 1 aliphatic heterocycles. The molecule has 0 aromatic heterocycles. The zero-order valence-electron chi connectivity index (χ0n) is 13.0. The minimum absolute atomic E-state index is 0.121. The number of nitrogens with zero attached hydrogens (tertiary/aromatic N) is 3. The van der Waals surface area contributed by atoms with Gasteiger partial charge in [0.25, 0.3) is 5.66 Å². The van der Waals surface area contributed by atoms with Crippen LogP contribution in [0.3, 0.4) is 0 Å². The van der Waals surface area contributed by atoms with E-state index in [1.807, 2.05) is 31.2 Å². The third kappa shape index (κ3) is 2.02. The Bertz CT molecular complexity index is 620. The van der Waals surface area contributed by atoms with Crippen molar-refractivity contribution in [3.8, 4) is 0 Å². The van der Waals surface area contributed by atoms with Gasteiger partial charge < -0.3 is 15.6 Å². The minimum Gasteiger partial charge on any atom is -0.622 e. The summed E-state index contributed by atoms with van der Waals surface area (Å²) < 4.78 is 0.715. The van der Waals surface area contributed by atoms with Crippen LogP contribution in [-0.2, 0) is 0 Å². The van der Waals surface area contributed by atoms with Crippen molar-refractivity contribution in [1.29, 1.82) is 0 Å². The van der Waals surface area contributed by atoms with Gasteiger partial charge in [0.15, 0.2) is 0 Å². The first-order chi connectivity index (χ1) is 9.67. The normalized spacial score (nSPS) is 26.5. The fourth-order valence-corrected chi connectivity index (χ4v) is 2.77. The van der Waals surface area contributed by atoms with Crippen LogP contribution in [0.25, 0.3) is 0 Å². The Balaban J connectivity index is 2.70. The van der Waals surface area contributed by atoms with Gasteiger partial charge in [-0.2, -0.15) is 4.74 Å². The average Bonchev–Trinajstić information content (AvgIpc) is 2.58. The number of oxime groups is 1. The van der Waals surface area contributed by atoms with Crippen LogP contribution in [0.2, 0.25) is 0 Å². The second kappa shape index (κ2) is 4.82. The van der Waals surface area contributed by atoms with Crippen molar-refractivity contribution in [3.63, 3.8) is 0 Å². The number of hydrogen-bond donors (Lipinski definition) is 2. The molecule has 21 heavy (non-hydrogen) atoms. The van der Waals surface area contributed by atoms with Crippen LogP contribution >= 0.6 is 0 Å². The summed E-state index contributed by atoms with van der Waals surface area (Å²) in [7, 11) is 0. The Morgan fingerprint density at radius 3 is 2.24 bits per heavy atom. The highest BCUT2D eigenvalue weighted by Gasteiger charge is 2.61. The van der Waals surface area contributed by atoms with Crippen LogP contribution in [0.5, 0.6) is 0 Å². The molecule has 1 unspecified atom stereocenters. The summed E-state index contributed by atoms with van der Waals surface area (Å²) >= 11 is 0. The Morgan fingerprint density at radius 1 is 1.24 bits per heavy atom. The van der Waals surface area contributed by atoms with Crippen LogP contribution in [0, 0.1) is 12.1 Å². The molecule has 0 saturated heterocycles. The highest BCUT2D eigenvalue weighted by molar-refractivity contribution is 6.06. The second-order valence-corrected chi connectivity index (χ2v) is 6.09. The van der Waals surface area contributed by atoms with E-state index in [1.165, 1.54) is 13.8 Å². The Labute approximate surface area is 124 Å². The van der Waals surface area contributed by atoms with Crippen molar-refractivity contribution in [2.24, 2.45) is 5.16 Å². The number of rotatable bonds is 2. The predicted molar refractivity (Wildman–Crippen MR) is 79.9 cm³/mol. The lowest BCUT2D eigenvalue weighted by Crippen LogP contribution is -2.57. The van der Waals surface area contributed by atoms with E-state index in [4.69, 9.17) is 5.21 Å². The van der Waals surface area contributed by atoms with Gasteiger partial charge in [-0.05, 0) is 39.8 Å². The Hall–Kier alpha value is -1.92. The van der Waals surface area contributed by atoms with Crippen LogP contribution in [-0.4, -0.2) is 42.8 Å². The van der Waals surface area contributed by atoms with Crippen molar-refractivity contribution >= 4 is 11.4 Å². The lowest BCUT2D eigenvalue weighted by molar-refractivity contribution is -0.560. The summed E-state index contributed by atoms with van der Waals surface area (Å²) in [4.78, 5) is 0. The molecule has 1 atom stereocenters. The molecule has 0 bridgehead atoms. The van der Waals surface area contributed by atoms with Gasteiger partial charge in [0.2, 0.25) is 5.71 Å². The molecule has 0 fully saturated rings. The molecular formula is C15H21N3O3. The molecule has 0 aliphatic carbocycles. The molecule has 0 radical (unpaired) electrons. The summed E-state index contributed by atoms with van der Waals surface area (Å²) in [6, 6.07) is 7.53. The maximum atomic E-state index is 12.8. The Kier molecular flexibility index (Phi) is 3.55. The number of hydroxylamine groups is 3. The van der Waals surface area contributed by atoms with Gasteiger partial charge in [-0.3, -0.25) is 0 Å². The highest BCUT2D eigenvalue weighted by Crippen LogP contribution is 2.36. The van der Waals surface area contributed by atoms with Gasteiger partial charge in [0.1, 0.15) is 11.3 Å². The number of aryl methyl sites for hydroxylation is 1. The van der Waals surface area contributed by atoms with E-state index in [0.29, 0.717) is 10.5 Å². The third-order valence-electron chi connectivity index (χ3n) is 4.28. The first-order valence-corrected chi connectivity index (χ1v) is 6.77. The van der Waals surface area contributed by atoms with Crippen molar-refractivity contribution in [3.05, 3.63) is 40.6 Å². The fraction of sp³-hybridized carbons (Fsp3) is 0.467. The van der Waals surface area contributed by atoms with Gasteiger partial charge in [-0.25, -0.2) is 0 Å². The molecule has 0 spiro atoms. The SMILES string of the molecule is CC(=NO)C1(C)N(O)C(C)(C)C(c2ccc(C)cc2)=[N+]1[O-]. The number of benzene rings is 1. The van der Waals surface area contributed by atoms with Crippen LogP contribution in [0.15, 0.2) is 29.4 Å². The van der Waals surface area contributed by atoms with Gasteiger partial charge >= 0.3 is 0 Å². The van der Waals surface area contributed by atoms with Gasteiger partial charge in [-0.1, -0.05) is 22.9 Å².